The van der Waals surface area contributed by atoms with Gasteiger partial charge in [-0.15, -0.1) is 0 Å². The number of urea groups is 1. The number of likely N-dealkylation sites (N-methyl/N-ethyl adjacent to an activating group) is 1. The van der Waals surface area contributed by atoms with Crippen molar-refractivity contribution in [3.63, 3.8) is 0 Å². The lowest BCUT2D eigenvalue weighted by Crippen LogP contribution is -2.36. The Hall–Kier alpha value is -3.09. The summed E-state index contributed by atoms with van der Waals surface area (Å²) in [5.74, 6) is 0. The van der Waals surface area contributed by atoms with Gasteiger partial charge >= 0.3 is 12.1 Å². The lowest BCUT2D eigenvalue weighted by atomic mass is 9.96. The van der Waals surface area contributed by atoms with Gasteiger partial charge in [0.15, 0.2) is 0 Å². The summed E-state index contributed by atoms with van der Waals surface area (Å²) in [6.45, 7) is 9.30. The summed E-state index contributed by atoms with van der Waals surface area (Å²) in [6.07, 6.45) is 10.9. The second kappa shape index (κ2) is 9.37. The van der Waals surface area contributed by atoms with E-state index >= 15 is 0 Å². The minimum Gasteiger partial charge on any atom is -0.444 e. The molecule has 2 heterocycles. The van der Waals surface area contributed by atoms with Crippen LogP contribution >= 0.6 is 0 Å². The highest BCUT2D eigenvalue weighted by molar-refractivity contribution is 5.77. The number of nitrogens with zero attached hydrogens (tertiary/aromatic N) is 3. The molecule has 1 aromatic rings. The fourth-order valence-electron chi connectivity index (χ4n) is 3.47. The predicted molar refractivity (Wildman–Crippen MR) is 120 cm³/mol. The second-order valence-corrected chi connectivity index (χ2v) is 9.06. The van der Waals surface area contributed by atoms with Gasteiger partial charge in [0.25, 0.3) is 0 Å². The number of carbonyl (C=O) groups is 2. The fourth-order valence-corrected chi connectivity index (χ4v) is 3.47. The molecular formula is C24H32N4O3. The number of amides is 3. The third-order valence-corrected chi connectivity index (χ3v) is 5.31. The monoisotopic (exact) mass is 424 g/mol. The van der Waals surface area contributed by atoms with Gasteiger partial charge in [0.2, 0.25) is 0 Å². The maximum absolute atomic E-state index is 12.6. The largest absolute Gasteiger partial charge is 0.444 e. The molecule has 0 aromatic carbocycles. The molecule has 0 spiro atoms. The van der Waals surface area contributed by atoms with Crippen molar-refractivity contribution in [3.05, 3.63) is 64.7 Å². The zero-order chi connectivity index (χ0) is 22.6. The zero-order valence-electron chi connectivity index (χ0n) is 19.1. The van der Waals surface area contributed by atoms with Gasteiger partial charge in [-0.25, -0.2) is 9.59 Å². The van der Waals surface area contributed by atoms with Gasteiger partial charge in [-0.05, 0) is 69.4 Å². The molecular weight excluding hydrogens is 392 g/mol. The Kier molecular flexibility index (Phi) is 6.83. The van der Waals surface area contributed by atoms with Crippen molar-refractivity contribution >= 4 is 12.1 Å². The number of ether oxygens (including phenoxy) is 1. The minimum atomic E-state index is -0.504. The Balaban J connectivity index is 1.52. The van der Waals surface area contributed by atoms with Gasteiger partial charge in [0.05, 0.1) is 0 Å². The minimum absolute atomic E-state index is 0.0782. The van der Waals surface area contributed by atoms with Gasteiger partial charge in [0.1, 0.15) is 5.60 Å². The first-order valence-electron chi connectivity index (χ1n) is 10.6. The van der Waals surface area contributed by atoms with Gasteiger partial charge in [0, 0.05) is 44.8 Å². The molecule has 0 saturated heterocycles. The lowest BCUT2D eigenvalue weighted by molar-refractivity contribution is 0.0317. The zero-order valence-corrected chi connectivity index (χ0v) is 19.1. The first kappa shape index (κ1) is 22.6. The summed E-state index contributed by atoms with van der Waals surface area (Å²) in [5.41, 5.74) is 5.00. The highest BCUT2D eigenvalue weighted by Gasteiger charge is 2.24. The highest BCUT2D eigenvalue weighted by Crippen LogP contribution is 2.25. The van der Waals surface area contributed by atoms with Crippen LogP contribution in [0.5, 0.6) is 0 Å². The van der Waals surface area contributed by atoms with E-state index in [0.717, 1.165) is 35.2 Å². The van der Waals surface area contributed by atoms with Crippen molar-refractivity contribution in [2.75, 3.05) is 13.6 Å². The average Bonchev–Trinajstić information content (AvgIpc) is 3.15. The van der Waals surface area contributed by atoms with E-state index < -0.39 is 5.60 Å². The summed E-state index contributed by atoms with van der Waals surface area (Å²) in [4.78, 5) is 32.2. The van der Waals surface area contributed by atoms with Crippen LogP contribution in [0.1, 0.15) is 51.7 Å². The summed E-state index contributed by atoms with van der Waals surface area (Å²) >= 11 is 0. The number of hydrogen-bond donors (Lipinski definition) is 1. The van der Waals surface area contributed by atoms with E-state index in [2.05, 4.69) is 10.3 Å². The fraction of sp³-hybridized carbons (Fsp3) is 0.458. The molecule has 0 unspecified atom stereocenters. The standard InChI is InChI=1S/C24H32N4O3/c1-17(11-13-27(5)23(30)31-24(2,3)4)18-6-8-21(9-7-18)26-22(29)28-15-19-10-12-25-14-20(19)16-28/h6,8,10-12,14H,7,9,13,15-16H2,1-5H3,(H,26,29)/b17-11+. The smallest absolute Gasteiger partial charge is 0.410 e. The van der Waals surface area contributed by atoms with E-state index in [1.165, 1.54) is 5.57 Å². The quantitative estimate of drug-likeness (QED) is 0.771. The van der Waals surface area contributed by atoms with Crippen LogP contribution in [-0.2, 0) is 17.8 Å². The predicted octanol–water partition coefficient (Wildman–Crippen LogP) is 4.52. The molecule has 0 bridgehead atoms. The van der Waals surface area contributed by atoms with Crippen LogP contribution in [0.15, 0.2) is 53.5 Å². The number of aromatic nitrogens is 1. The SMILES string of the molecule is C/C(=C\CN(C)C(=O)OC(C)(C)C)C1=CC=C(NC(=O)N2Cc3ccncc3C2)CC1. The molecule has 0 radical (unpaired) electrons. The summed E-state index contributed by atoms with van der Waals surface area (Å²) in [6, 6.07) is 1.89. The van der Waals surface area contributed by atoms with Crippen molar-refractivity contribution in [2.45, 2.75) is 59.2 Å². The number of hydrogen-bond acceptors (Lipinski definition) is 4. The van der Waals surface area contributed by atoms with E-state index in [9.17, 15) is 9.59 Å². The van der Waals surface area contributed by atoms with E-state index in [-0.39, 0.29) is 12.1 Å². The van der Waals surface area contributed by atoms with Gasteiger partial charge in [-0.1, -0.05) is 17.7 Å². The molecule has 31 heavy (non-hydrogen) atoms. The third kappa shape index (κ3) is 6.20. The summed E-state index contributed by atoms with van der Waals surface area (Å²) < 4.78 is 5.38. The molecule has 1 aliphatic heterocycles. The maximum atomic E-state index is 12.6. The molecule has 3 amide bonds. The first-order chi connectivity index (χ1) is 14.6. The number of allylic oxidation sites excluding steroid dienone is 5. The van der Waals surface area contributed by atoms with Crippen LogP contribution in [0, 0.1) is 0 Å². The van der Waals surface area contributed by atoms with Crippen molar-refractivity contribution in [2.24, 2.45) is 0 Å². The van der Waals surface area contributed by atoms with Gasteiger partial charge in [-0.2, -0.15) is 0 Å². The maximum Gasteiger partial charge on any atom is 0.410 e. The van der Waals surface area contributed by atoms with Gasteiger partial charge in [-0.3, -0.25) is 4.98 Å². The number of carbonyl (C=O) groups excluding carboxylic acids is 2. The number of nitrogens with one attached hydrogen (secondary N) is 1. The normalized spacial score (nSPS) is 16.3. The number of fused-ring (bicyclic) bond motifs is 1. The topological polar surface area (TPSA) is 74.8 Å². The van der Waals surface area contributed by atoms with Crippen molar-refractivity contribution in [3.8, 4) is 0 Å². The van der Waals surface area contributed by atoms with Crippen LogP contribution in [0.25, 0.3) is 0 Å². The molecule has 1 aromatic heterocycles. The molecule has 0 atom stereocenters. The van der Waals surface area contributed by atoms with Crippen LogP contribution < -0.4 is 5.32 Å². The van der Waals surface area contributed by atoms with E-state index in [0.29, 0.717) is 19.6 Å². The molecule has 0 fully saturated rings. The van der Waals surface area contributed by atoms with E-state index in [4.69, 9.17) is 4.74 Å². The molecule has 7 heteroatoms. The number of pyridine rings is 1. The molecule has 0 saturated carbocycles. The first-order valence-corrected chi connectivity index (χ1v) is 10.6. The van der Waals surface area contributed by atoms with Crippen LogP contribution in [-0.4, -0.2) is 46.1 Å². The molecule has 3 rings (SSSR count). The van der Waals surface area contributed by atoms with Crippen molar-refractivity contribution in [1.82, 2.24) is 20.1 Å². The van der Waals surface area contributed by atoms with Crippen LogP contribution in [0.4, 0.5) is 9.59 Å². The summed E-state index contributed by atoms with van der Waals surface area (Å²) in [7, 11) is 1.73. The summed E-state index contributed by atoms with van der Waals surface area (Å²) in [5, 5.41) is 3.04. The number of rotatable bonds is 4. The molecule has 1 N–H and O–H groups in total. The van der Waals surface area contributed by atoms with Gasteiger partial charge < -0.3 is 19.9 Å². The highest BCUT2D eigenvalue weighted by atomic mass is 16.6. The van der Waals surface area contributed by atoms with E-state index in [1.807, 2.05) is 58.2 Å². The Morgan fingerprint density at radius 3 is 2.61 bits per heavy atom. The molecule has 2 aliphatic rings. The molecule has 166 valence electrons. The van der Waals surface area contributed by atoms with Crippen LogP contribution in [0.3, 0.4) is 0 Å². The molecule has 7 nitrogen and oxygen atoms in total. The second-order valence-electron chi connectivity index (χ2n) is 9.06. The Morgan fingerprint density at radius 1 is 1.23 bits per heavy atom. The third-order valence-electron chi connectivity index (χ3n) is 5.31. The van der Waals surface area contributed by atoms with Crippen molar-refractivity contribution < 1.29 is 14.3 Å². The Labute approximate surface area is 184 Å². The molecule has 1 aliphatic carbocycles. The van der Waals surface area contributed by atoms with Crippen LogP contribution in [0.2, 0.25) is 0 Å². The Morgan fingerprint density at radius 2 is 1.97 bits per heavy atom. The Bertz CT molecular complexity index is 915. The van der Waals surface area contributed by atoms with E-state index in [1.54, 1.807) is 23.0 Å². The van der Waals surface area contributed by atoms with Crippen molar-refractivity contribution in [1.29, 1.82) is 0 Å². The average molecular weight is 425 g/mol. The lowest BCUT2D eigenvalue weighted by Gasteiger charge is -2.24.